The Balaban J connectivity index is 1.36. The number of para-hydroxylation sites is 1. The molecule has 2 heterocycles. The van der Waals surface area contributed by atoms with E-state index in [0.29, 0.717) is 0 Å². The minimum absolute atomic E-state index is 0.726. The monoisotopic (exact) mass is 368 g/mol. The van der Waals surface area contributed by atoms with Crippen molar-refractivity contribution in [2.24, 2.45) is 0 Å². The van der Waals surface area contributed by atoms with Crippen LogP contribution in [0.15, 0.2) is 59.1 Å². The molecular formula is C21H23ClN3O+. The number of anilines is 1. The molecule has 1 aliphatic heterocycles. The number of nitrogens with zero attached hydrogens (tertiary/aromatic N) is 2. The number of aromatic nitrogens is 1. The van der Waals surface area contributed by atoms with E-state index in [1.807, 2.05) is 30.5 Å². The van der Waals surface area contributed by atoms with Gasteiger partial charge in [0.1, 0.15) is 0 Å². The van der Waals surface area contributed by atoms with Gasteiger partial charge < -0.3 is 14.2 Å². The van der Waals surface area contributed by atoms with E-state index in [1.165, 1.54) is 16.2 Å². The fraction of sp³-hybridized carbons (Fsp3) is 0.286. The van der Waals surface area contributed by atoms with Gasteiger partial charge in [-0.3, -0.25) is 0 Å². The molecule has 3 aromatic rings. The van der Waals surface area contributed by atoms with Crippen molar-refractivity contribution < 1.29 is 9.32 Å². The summed E-state index contributed by atoms with van der Waals surface area (Å²) >= 11 is 5.95. The van der Waals surface area contributed by atoms with Crippen molar-refractivity contribution in [2.45, 2.75) is 13.5 Å². The quantitative estimate of drug-likeness (QED) is 0.767. The van der Waals surface area contributed by atoms with Crippen molar-refractivity contribution in [1.29, 1.82) is 0 Å². The van der Waals surface area contributed by atoms with Crippen LogP contribution in [0, 0.1) is 6.92 Å². The molecule has 0 spiro atoms. The molecule has 0 amide bonds. The first-order valence-corrected chi connectivity index (χ1v) is 9.41. The molecule has 4 nitrogen and oxygen atoms in total. The normalized spacial score (nSPS) is 15.4. The van der Waals surface area contributed by atoms with Crippen LogP contribution in [0.1, 0.15) is 11.5 Å². The Labute approximate surface area is 159 Å². The lowest BCUT2D eigenvalue weighted by Crippen LogP contribution is -3.13. The van der Waals surface area contributed by atoms with Crippen LogP contribution in [0.4, 0.5) is 5.69 Å². The molecule has 0 unspecified atom stereocenters. The zero-order valence-corrected chi connectivity index (χ0v) is 15.7. The van der Waals surface area contributed by atoms with Gasteiger partial charge in [-0.2, -0.15) is 0 Å². The highest BCUT2D eigenvalue weighted by molar-refractivity contribution is 6.30. The van der Waals surface area contributed by atoms with Gasteiger partial charge in [-0.05, 0) is 42.8 Å². The summed E-state index contributed by atoms with van der Waals surface area (Å²) in [6.45, 7) is 7.31. The van der Waals surface area contributed by atoms with E-state index in [4.69, 9.17) is 16.0 Å². The van der Waals surface area contributed by atoms with Gasteiger partial charge in [0.2, 0.25) is 0 Å². The summed E-state index contributed by atoms with van der Waals surface area (Å²) in [5.41, 5.74) is 3.71. The first-order valence-electron chi connectivity index (χ1n) is 9.04. The Morgan fingerprint density at radius 3 is 2.54 bits per heavy atom. The lowest BCUT2D eigenvalue weighted by molar-refractivity contribution is -0.915. The largest absolute Gasteiger partial charge is 0.435 e. The van der Waals surface area contributed by atoms with E-state index < -0.39 is 0 Å². The first-order chi connectivity index (χ1) is 12.7. The van der Waals surface area contributed by atoms with Gasteiger partial charge in [0.05, 0.1) is 32.4 Å². The average molecular weight is 369 g/mol. The SMILES string of the molecule is Cc1ccccc1N1CC[NH+](Cc2ncc(-c3ccc(Cl)cc3)o2)CC1. The van der Waals surface area contributed by atoms with Gasteiger partial charge in [-0.25, -0.2) is 4.98 Å². The predicted molar refractivity (Wildman–Crippen MR) is 105 cm³/mol. The molecule has 0 radical (unpaired) electrons. The Hall–Kier alpha value is -2.30. The number of piperazine rings is 1. The molecule has 4 rings (SSSR count). The molecule has 134 valence electrons. The van der Waals surface area contributed by atoms with E-state index in [9.17, 15) is 0 Å². The standard InChI is InChI=1S/C21H22ClN3O/c1-16-4-2-3-5-19(16)25-12-10-24(11-13-25)15-21-23-14-20(26-21)17-6-8-18(22)9-7-17/h2-9,14H,10-13,15H2,1H3/p+1. The molecular weight excluding hydrogens is 346 g/mol. The summed E-state index contributed by atoms with van der Waals surface area (Å²) in [6, 6.07) is 16.3. The molecule has 2 aromatic carbocycles. The zero-order valence-electron chi connectivity index (χ0n) is 14.9. The van der Waals surface area contributed by atoms with Crippen molar-refractivity contribution >= 4 is 17.3 Å². The molecule has 1 saturated heterocycles. The third-order valence-electron chi connectivity index (χ3n) is 5.01. The Morgan fingerprint density at radius 2 is 1.81 bits per heavy atom. The van der Waals surface area contributed by atoms with E-state index in [1.54, 1.807) is 0 Å². The lowest BCUT2D eigenvalue weighted by Gasteiger charge is -2.33. The molecule has 0 atom stereocenters. The molecule has 1 aliphatic rings. The number of aryl methyl sites for hydroxylation is 1. The summed E-state index contributed by atoms with van der Waals surface area (Å²) in [6.07, 6.45) is 1.81. The summed E-state index contributed by atoms with van der Waals surface area (Å²) < 4.78 is 5.95. The minimum Gasteiger partial charge on any atom is -0.435 e. The summed E-state index contributed by atoms with van der Waals surface area (Å²) in [5.74, 6) is 1.60. The van der Waals surface area contributed by atoms with Crippen LogP contribution in [0.3, 0.4) is 0 Å². The average Bonchev–Trinajstić information content (AvgIpc) is 3.12. The van der Waals surface area contributed by atoms with Crippen LogP contribution in [0.25, 0.3) is 11.3 Å². The van der Waals surface area contributed by atoms with E-state index >= 15 is 0 Å². The van der Waals surface area contributed by atoms with Crippen molar-refractivity contribution in [3.05, 3.63) is 71.2 Å². The fourth-order valence-corrected chi connectivity index (χ4v) is 3.64. The number of hydrogen-bond acceptors (Lipinski definition) is 3. The molecule has 1 N–H and O–H groups in total. The second-order valence-electron chi connectivity index (χ2n) is 6.83. The molecule has 0 bridgehead atoms. The summed E-state index contributed by atoms with van der Waals surface area (Å²) in [5, 5.41) is 0.726. The highest BCUT2D eigenvalue weighted by Crippen LogP contribution is 2.22. The van der Waals surface area contributed by atoms with Crippen molar-refractivity contribution in [3.8, 4) is 11.3 Å². The van der Waals surface area contributed by atoms with Crippen LogP contribution >= 0.6 is 11.6 Å². The van der Waals surface area contributed by atoms with Crippen LogP contribution in [-0.2, 0) is 6.54 Å². The number of rotatable bonds is 4. The third kappa shape index (κ3) is 3.76. The lowest BCUT2D eigenvalue weighted by atomic mass is 10.1. The molecule has 5 heteroatoms. The number of benzene rings is 2. The van der Waals surface area contributed by atoms with Crippen LogP contribution in [0.5, 0.6) is 0 Å². The topological polar surface area (TPSA) is 33.7 Å². The molecule has 26 heavy (non-hydrogen) atoms. The third-order valence-corrected chi connectivity index (χ3v) is 5.26. The first kappa shape index (κ1) is 17.1. The number of quaternary nitrogens is 1. The maximum atomic E-state index is 5.95. The highest BCUT2D eigenvalue weighted by Gasteiger charge is 2.22. The molecule has 0 aliphatic carbocycles. The molecule has 1 fully saturated rings. The maximum Gasteiger partial charge on any atom is 0.250 e. The second kappa shape index (κ2) is 7.52. The van der Waals surface area contributed by atoms with E-state index in [-0.39, 0.29) is 0 Å². The van der Waals surface area contributed by atoms with Gasteiger partial charge in [-0.1, -0.05) is 29.8 Å². The van der Waals surface area contributed by atoms with E-state index in [2.05, 4.69) is 41.1 Å². The van der Waals surface area contributed by atoms with Crippen molar-refractivity contribution in [1.82, 2.24) is 4.98 Å². The van der Waals surface area contributed by atoms with Crippen molar-refractivity contribution in [3.63, 3.8) is 0 Å². The van der Waals surface area contributed by atoms with Crippen molar-refractivity contribution in [2.75, 3.05) is 31.1 Å². The van der Waals surface area contributed by atoms with Crippen LogP contribution < -0.4 is 9.80 Å². The minimum atomic E-state index is 0.726. The number of oxazole rings is 1. The molecule has 0 saturated carbocycles. The highest BCUT2D eigenvalue weighted by atomic mass is 35.5. The van der Waals surface area contributed by atoms with Crippen LogP contribution in [-0.4, -0.2) is 31.2 Å². The Bertz CT molecular complexity index is 867. The smallest absolute Gasteiger partial charge is 0.250 e. The zero-order chi connectivity index (χ0) is 17.9. The molecule has 1 aromatic heterocycles. The van der Waals surface area contributed by atoms with E-state index in [0.717, 1.165) is 55.0 Å². The number of halogens is 1. The number of nitrogens with one attached hydrogen (secondary N) is 1. The summed E-state index contributed by atoms with van der Waals surface area (Å²) in [4.78, 5) is 8.46. The van der Waals surface area contributed by atoms with Gasteiger partial charge in [0, 0.05) is 16.3 Å². The van der Waals surface area contributed by atoms with Gasteiger partial charge in [0.25, 0.3) is 5.89 Å². The maximum absolute atomic E-state index is 5.95. The number of hydrogen-bond donors (Lipinski definition) is 1. The second-order valence-corrected chi connectivity index (χ2v) is 7.26. The Kier molecular flexibility index (Phi) is 4.96. The fourth-order valence-electron chi connectivity index (χ4n) is 3.51. The van der Waals surface area contributed by atoms with Gasteiger partial charge >= 0.3 is 0 Å². The van der Waals surface area contributed by atoms with Gasteiger partial charge in [0.15, 0.2) is 12.3 Å². The van der Waals surface area contributed by atoms with Gasteiger partial charge in [-0.15, -0.1) is 0 Å². The predicted octanol–water partition coefficient (Wildman–Crippen LogP) is 3.21. The van der Waals surface area contributed by atoms with Crippen LogP contribution in [0.2, 0.25) is 5.02 Å². The Morgan fingerprint density at radius 1 is 1.08 bits per heavy atom. The summed E-state index contributed by atoms with van der Waals surface area (Å²) in [7, 11) is 0.